The maximum Gasteiger partial charge on any atom is 0.270 e. The number of nitrogens with one attached hydrogen (secondary N) is 2. The first-order valence-corrected chi connectivity index (χ1v) is 13.0. The number of hydrogen-bond acceptors (Lipinski definition) is 6. The van der Waals surface area contributed by atoms with Crippen LogP contribution in [0.25, 0.3) is 0 Å². The highest BCUT2D eigenvalue weighted by atomic mass is 35.5. The van der Waals surface area contributed by atoms with Crippen LogP contribution in [-0.4, -0.2) is 24.5 Å². The predicted octanol–water partition coefficient (Wildman–Crippen LogP) is 5.13. The summed E-state index contributed by atoms with van der Waals surface area (Å²) in [6.45, 7) is 3.93. The molecule has 0 aliphatic heterocycles. The zero-order chi connectivity index (χ0) is 24.3. The van der Waals surface area contributed by atoms with Crippen molar-refractivity contribution in [3.05, 3.63) is 106 Å². The van der Waals surface area contributed by atoms with Gasteiger partial charge in [-0.3, -0.25) is 10.1 Å². The zero-order valence-corrected chi connectivity index (χ0v) is 20.7. The number of sulfonamides is 1. The van der Waals surface area contributed by atoms with Crippen LogP contribution in [0.5, 0.6) is 0 Å². The number of hydrogen-bond donors (Lipinski definition) is 2. The van der Waals surface area contributed by atoms with Gasteiger partial charge in [0, 0.05) is 0 Å². The van der Waals surface area contributed by atoms with Crippen LogP contribution in [-0.2, 0) is 10.0 Å². The van der Waals surface area contributed by atoms with Gasteiger partial charge in [-0.15, -0.1) is 10.2 Å². The molecule has 0 aliphatic carbocycles. The monoisotopic (exact) mass is 512 g/mol. The van der Waals surface area contributed by atoms with Gasteiger partial charge in [-0.2, -0.15) is 4.72 Å². The highest BCUT2D eigenvalue weighted by Crippen LogP contribution is 2.29. The number of aryl methyl sites for hydroxylation is 2. The second kappa shape index (κ2) is 10.0. The van der Waals surface area contributed by atoms with E-state index in [-0.39, 0.29) is 20.1 Å². The lowest BCUT2D eigenvalue weighted by molar-refractivity contribution is 0.102. The Hall–Kier alpha value is -3.11. The highest BCUT2D eigenvalue weighted by Gasteiger charge is 2.27. The number of halogens is 1. The SMILES string of the molecule is Cc1ccc(C(NS(=O)(=O)c2nnc(NC(=O)c3ccccc3Cl)s2)c2ccccc2)c(C)c1. The molecule has 0 aliphatic rings. The summed E-state index contributed by atoms with van der Waals surface area (Å²) < 4.78 is 29.0. The molecule has 1 unspecified atom stereocenters. The van der Waals surface area contributed by atoms with Gasteiger partial charge in [0.1, 0.15) is 0 Å². The first kappa shape index (κ1) is 24.0. The Morgan fingerprint density at radius 2 is 1.68 bits per heavy atom. The lowest BCUT2D eigenvalue weighted by Crippen LogP contribution is -2.30. The van der Waals surface area contributed by atoms with E-state index in [1.54, 1.807) is 24.3 Å². The van der Waals surface area contributed by atoms with Crippen molar-refractivity contribution >= 4 is 44.0 Å². The summed E-state index contributed by atoms with van der Waals surface area (Å²) in [5.74, 6) is -0.504. The Balaban J connectivity index is 1.61. The number of amides is 1. The Morgan fingerprint density at radius 3 is 2.38 bits per heavy atom. The first-order chi connectivity index (χ1) is 16.2. The van der Waals surface area contributed by atoms with E-state index in [1.807, 2.05) is 62.4 Å². The molecule has 1 heterocycles. The molecular formula is C24H21ClN4O3S2. The van der Waals surface area contributed by atoms with Gasteiger partial charge >= 0.3 is 0 Å². The third kappa shape index (κ3) is 5.34. The fourth-order valence-electron chi connectivity index (χ4n) is 3.49. The van der Waals surface area contributed by atoms with Crippen LogP contribution in [0.4, 0.5) is 5.13 Å². The fraction of sp³-hybridized carbons (Fsp3) is 0.125. The number of anilines is 1. The van der Waals surface area contributed by atoms with Crippen LogP contribution in [0, 0.1) is 13.8 Å². The number of benzene rings is 3. The summed E-state index contributed by atoms with van der Waals surface area (Å²) in [6.07, 6.45) is 0. The number of carbonyl (C=O) groups is 1. The molecule has 1 aromatic heterocycles. The first-order valence-electron chi connectivity index (χ1n) is 10.3. The number of carbonyl (C=O) groups excluding carboxylic acids is 1. The quantitative estimate of drug-likeness (QED) is 0.334. The Labute approximate surface area is 206 Å². The molecule has 0 bridgehead atoms. The minimum Gasteiger partial charge on any atom is -0.296 e. The number of nitrogens with zero attached hydrogens (tertiary/aromatic N) is 2. The van der Waals surface area contributed by atoms with E-state index in [2.05, 4.69) is 20.2 Å². The van der Waals surface area contributed by atoms with Crippen LogP contribution < -0.4 is 10.0 Å². The van der Waals surface area contributed by atoms with E-state index >= 15 is 0 Å². The van der Waals surface area contributed by atoms with Gasteiger partial charge in [-0.05, 0) is 42.7 Å². The van der Waals surface area contributed by atoms with E-state index < -0.39 is 22.0 Å². The molecule has 2 N–H and O–H groups in total. The maximum absolute atomic E-state index is 13.3. The third-order valence-electron chi connectivity index (χ3n) is 5.12. The molecule has 0 saturated carbocycles. The topological polar surface area (TPSA) is 101 Å². The van der Waals surface area contributed by atoms with Gasteiger partial charge < -0.3 is 0 Å². The summed E-state index contributed by atoms with van der Waals surface area (Å²) in [5, 5.41) is 10.5. The smallest absolute Gasteiger partial charge is 0.270 e. The van der Waals surface area contributed by atoms with E-state index in [4.69, 9.17) is 11.6 Å². The van der Waals surface area contributed by atoms with Gasteiger partial charge in [0.15, 0.2) is 0 Å². The summed E-state index contributed by atoms with van der Waals surface area (Å²) in [4.78, 5) is 12.5. The van der Waals surface area contributed by atoms with Gasteiger partial charge in [0.05, 0.1) is 16.6 Å². The van der Waals surface area contributed by atoms with Crippen LogP contribution >= 0.6 is 22.9 Å². The van der Waals surface area contributed by atoms with Crippen LogP contribution in [0.1, 0.15) is 38.7 Å². The molecule has 7 nitrogen and oxygen atoms in total. The standard InChI is InChI=1S/C24H21ClN4O3S2/c1-15-12-13-18(16(2)14-15)21(17-8-4-3-5-9-17)29-34(31,32)24-28-27-23(33-24)26-22(30)19-10-6-7-11-20(19)25/h3-14,21,29H,1-2H3,(H,26,27,30). The van der Waals surface area contributed by atoms with Crippen molar-refractivity contribution in [2.75, 3.05) is 5.32 Å². The summed E-state index contributed by atoms with van der Waals surface area (Å²) in [7, 11) is -4.05. The molecule has 34 heavy (non-hydrogen) atoms. The zero-order valence-electron chi connectivity index (χ0n) is 18.3. The summed E-state index contributed by atoms with van der Waals surface area (Å²) in [5.41, 5.74) is 3.91. The largest absolute Gasteiger partial charge is 0.296 e. The normalized spacial score (nSPS) is 12.3. The second-order valence-corrected chi connectivity index (χ2v) is 10.9. The average Bonchev–Trinajstić information content (AvgIpc) is 3.28. The molecule has 4 aromatic rings. The molecule has 1 atom stereocenters. The predicted molar refractivity (Wildman–Crippen MR) is 134 cm³/mol. The molecule has 0 fully saturated rings. The lowest BCUT2D eigenvalue weighted by atomic mass is 9.95. The minimum absolute atomic E-state index is 0.0491. The molecule has 0 spiro atoms. The Bertz CT molecular complexity index is 1440. The van der Waals surface area contributed by atoms with E-state index in [0.717, 1.165) is 33.6 Å². The highest BCUT2D eigenvalue weighted by molar-refractivity contribution is 7.91. The fourth-order valence-corrected chi connectivity index (χ4v) is 5.83. The van der Waals surface area contributed by atoms with E-state index in [9.17, 15) is 13.2 Å². The molecule has 0 radical (unpaired) electrons. The van der Waals surface area contributed by atoms with Crippen molar-refractivity contribution in [2.45, 2.75) is 24.2 Å². The van der Waals surface area contributed by atoms with Gasteiger partial charge in [0.25, 0.3) is 15.9 Å². The molecule has 174 valence electrons. The van der Waals surface area contributed by atoms with Crippen molar-refractivity contribution < 1.29 is 13.2 Å². The Morgan fingerprint density at radius 1 is 0.971 bits per heavy atom. The molecule has 0 saturated heterocycles. The molecule has 1 amide bonds. The summed E-state index contributed by atoms with van der Waals surface area (Å²) >= 11 is 6.82. The van der Waals surface area contributed by atoms with E-state index in [0.29, 0.717) is 0 Å². The van der Waals surface area contributed by atoms with Crippen LogP contribution in [0.2, 0.25) is 5.02 Å². The molecular weight excluding hydrogens is 492 g/mol. The van der Waals surface area contributed by atoms with E-state index in [1.165, 1.54) is 0 Å². The second-order valence-electron chi connectivity index (χ2n) is 7.63. The van der Waals surface area contributed by atoms with Crippen molar-refractivity contribution in [2.24, 2.45) is 0 Å². The number of rotatable bonds is 7. The molecule has 3 aromatic carbocycles. The van der Waals surface area contributed by atoms with Crippen LogP contribution in [0.3, 0.4) is 0 Å². The Kier molecular flexibility index (Phi) is 7.08. The van der Waals surface area contributed by atoms with Crippen molar-refractivity contribution in [3.8, 4) is 0 Å². The minimum atomic E-state index is -4.05. The number of aromatic nitrogens is 2. The van der Waals surface area contributed by atoms with Gasteiger partial charge in [0.2, 0.25) is 9.47 Å². The molecule has 4 rings (SSSR count). The van der Waals surface area contributed by atoms with Crippen molar-refractivity contribution in [3.63, 3.8) is 0 Å². The molecule has 10 heteroatoms. The van der Waals surface area contributed by atoms with Crippen molar-refractivity contribution in [1.82, 2.24) is 14.9 Å². The van der Waals surface area contributed by atoms with Crippen LogP contribution in [0.15, 0.2) is 77.1 Å². The third-order valence-corrected chi connectivity index (χ3v) is 8.08. The van der Waals surface area contributed by atoms with Gasteiger partial charge in [-0.1, -0.05) is 89.2 Å². The lowest BCUT2D eigenvalue weighted by Gasteiger charge is -2.21. The van der Waals surface area contributed by atoms with Gasteiger partial charge in [-0.25, -0.2) is 8.42 Å². The summed E-state index contributed by atoms with van der Waals surface area (Å²) in [6, 6.07) is 21.1. The average molecular weight is 513 g/mol. The van der Waals surface area contributed by atoms with Crippen molar-refractivity contribution in [1.29, 1.82) is 0 Å². The maximum atomic E-state index is 13.3.